The first-order chi connectivity index (χ1) is 10.8. The van der Waals surface area contributed by atoms with E-state index in [0.717, 1.165) is 24.1 Å². The van der Waals surface area contributed by atoms with Gasteiger partial charge in [-0.1, -0.05) is 0 Å². The minimum Gasteiger partial charge on any atom is -0.463 e. The first kappa shape index (κ1) is 15.4. The van der Waals surface area contributed by atoms with Crippen molar-refractivity contribution in [2.45, 2.75) is 19.4 Å². The van der Waals surface area contributed by atoms with Gasteiger partial charge in [0, 0.05) is 43.8 Å². The normalized spacial score (nSPS) is 19.0. The van der Waals surface area contributed by atoms with Crippen LogP contribution in [0, 0.1) is 5.92 Å². The van der Waals surface area contributed by atoms with E-state index in [1.54, 1.807) is 12.4 Å². The van der Waals surface area contributed by atoms with E-state index in [0.29, 0.717) is 18.5 Å². The average molecular weight is 363 g/mol. The molecule has 2 aromatic rings. The third kappa shape index (κ3) is 4.48. The van der Waals surface area contributed by atoms with E-state index in [4.69, 9.17) is 4.74 Å². The smallest absolute Gasteiger partial charge is 0.316 e. The minimum atomic E-state index is 0.453. The van der Waals surface area contributed by atoms with Crippen molar-refractivity contribution in [3.63, 3.8) is 0 Å². The molecule has 0 N–H and O–H groups in total. The Balaban J connectivity index is 1.49. The summed E-state index contributed by atoms with van der Waals surface area (Å²) in [5.41, 5.74) is 1.31. The summed E-state index contributed by atoms with van der Waals surface area (Å²) in [6.45, 7) is 3.86. The summed E-state index contributed by atoms with van der Waals surface area (Å²) in [5.74, 6) is 0.530. The summed E-state index contributed by atoms with van der Waals surface area (Å²) in [4.78, 5) is 14.8. The zero-order chi connectivity index (χ0) is 15.2. The Morgan fingerprint density at radius 3 is 2.77 bits per heavy atom. The van der Waals surface area contributed by atoms with E-state index < -0.39 is 0 Å². The van der Waals surface area contributed by atoms with Crippen LogP contribution in [-0.2, 0) is 6.54 Å². The summed E-state index contributed by atoms with van der Waals surface area (Å²) in [7, 11) is 0. The zero-order valence-corrected chi connectivity index (χ0v) is 13.9. The number of hydrogen-bond donors (Lipinski definition) is 0. The van der Waals surface area contributed by atoms with Crippen LogP contribution in [0.1, 0.15) is 18.4 Å². The fraction of sp³-hybridized carbons (Fsp3) is 0.438. The molecular weight excluding hydrogens is 344 g/mol. The highest BCUT2D eigenvalue weighted by Gasteiger charge is 2.20. The van der Waals surface area contributed by atoms with E-state index in [2.05, 4.69) is 47.9 Å². The highest BCUT2D eigenvalue weighted by Crippen LogP contribution is 2.19. The van der Waals surface area contributed by atoms with E-state index in [9.17, 15) is 0 Å². The summed E-state index contributed by atoms with van der Waals surface area (Å²) < 4.78 is 6.58. The Kier molecular flexibility index (Phi) is 5.34. The van der Waals surface area contributed by atoms with Gasteiger partial charge in [0.1, 0.15) is 0 Å². The van der Waals surface area contributed by atoms with Crippen molar-refractivity contribution >= 4 is 15.9 Å². The van der Waals surface area contributed by atoms with Crippen molar-refractivity contribution in [3.8, 4) is 6.01 Å². The Labute approximate surface area is 138 Å². The number of ether oxygens (including phenoxy) is 1. The van der Waals surface area contributed by atoms with Crippen molar-refractivity contribution in [1.82, 2.24) is 19.9 Å². The Morgan fingerprint density at radius 2 is 2.00 bits per heavy atom. The van der Waals surface area contributed by atoms with Gasteiger partial charge in [0.25, 0.3) is 0 Å². The van der Waals surface area contributed by atoms with Crippen LogP contribution in [0.25, 0.3) is 0 Å². The average Bonchev–Trinajstić information content (AvgIpc) is 2.56. The van der Waals surface area contributed by atoms with Crippen molar-refractivity contribution in [3.05, 3.63) is 47.0 Å². The standard InChI is InChI=1S/C16H19BrN4O/c17-15-8-19-16(20-9-15)22-12-14-2-1-7-21(11-14)10-13-3-5-18-6-4-13/h3-6,8-9,14H,1-2,7,10-12H2. The molecule has 0 radical (unpaired) electrons. The number of piperidine rings is 1. The SMILES string of the molecule is Brc1cnc(OCC2CCCN(Cc3ccncc3)C2)nc1. The molecule has 5 nitrogen and oxygen atoms in total. The first-order valence-electron chi connectivity index (χ1n) is 7.51. The summed E-state index contributed by atoms with van der Waals surface area (Å²) in [6, 6.07) is 4.61. The van der Waals surface area contributed by atoms with E-state index in [1.165, 1.54) is 18.4 Å². The van der Waals surface area contributed by atoms with Gasteiger partial charge in [-0.3, -0.25) is 9.88 Å². The van der Waals surface area contributed by atoms with Crippen LogP contribution in [0.2, 0.25) is 0 Å². The molecular formula is C16H19BrN4O. The topological polar surface area (TPSA) is 51.1 Å². The van der Waals surface area contributed by atoms with Crippen LogP contribution in [0.5, 0.6) is 6.01 Å². The molecule has 1 aliphatic rings. The molecule has 1 aliphatic heterocycles. The largest absolute Gasteiger partial charge is 0.463 e. The van der Waals surface area contributed by atoms with Crippen LogP contribution in [0.15, 0.2) is 41.4 Å². The third-order valence-electron chi connectivity index (χ3n) is 3.80. The van der Waals surface area contributed by atoms with E-state index >= 15 is 0 Å². The second-order valence-electron chi connectivity index (χ2n) is 5.59. The second-order valence-corrected chi connectivity index (χ2v) is 6.51. The monoisotopic (exact) mass is 362 g/mol. The van der Waals surface area contributed by atoms with Gasteiger partial charge in [-0.05, 0) is 53.0 Å². The summed E-state index contributed by atoms with van der Waals surface area (Å²) in [6.07, 6.45) is 9.52. The minimum absolute atomic E-state index is 0.453. The molecule has 0 bridgehead atoms. The number of hydrogen-bond acceptors (Lipinski definition) is 5. The number of rotatable bonds is 5. The van der Waals surface area contributed by atoms with Gasteiger partial charge in [0.15, 0.2) is 0 Å². The fourth-order valence-electron chi connectivity index (χ4n) is 2.74. The van der Waals surface area contributed by atoms with Crippen molar-refractivity contribution in [2.24, 2.45) is 5.92 Å². The molecule has 0 aliphatic carbocycles. The van der Waals surface area contributed by atoms with Crippen molar-refractivity contribution in [1.29, 1.82) is 0 Å². The molecule has 6 heteroatoms. The van der Waals surface area contributed by atoms with Crippen LogP contribution in [0.4, 0.5) is 0 Å². The lowest BCUT2D eigenvalue weighted by Crippen LogP contribution is -2.37. The lowest BCUT2D eigenvalue weighted by atomic mass is 9.98. The zero-order valence-electron chi connectivity index (χ0n) is 12.4. The molecule has 3 heterocycles. The molecule has 116 valence electrons. The predicted octanol–water partition coefficient (Wildman–Crippen LogP) is 2.93. The highest BCUT2D eigenvalue weighted by atomic mass is 79.9. The lowest BCUT2D eigenvalue weighted by Gasteiger charge is -2.32. The number of aromatic nitrogens is 3. The lowest BCUT2D eigenvalue weighted by molar-refractivity contribution is 0.120. The van der Waals surface area contributed by atoms with Gasteiger partial charge >= 0.3 is 6.01 Å². The van der Waals surface area contributed by atoms with Crippen LogP contribution < -0.4 is 4.74 Å². The maximum atomic E-state index is 5.72. The Hall–Kier alpha value is -1.53. The van der Waals surface area contributed by atoms with E-state index in [-0.39, 0.29) is 0 Å². The quantitative estimate of drug-likeness (QED) is 0.818. The van der Waals surface area contributed by atoms with Crippen LogP contribution in [-0.4, -0.2) is 39.5 Å². The predicted molar refractivity (Wildman–Crippen MR) is 87.5 cm³/mol. The Morgan fingerprint density at radius 1 is 1.23 bits per heavy atom. The number of halogens is 1. The fourth-order valence-corrected chi connectivity index (χ4v) is 2.95. The van der Waals surface area contributed by atoms with Gasteiger partial charge in [-0.2, -0.15) is 0 Å². The summed E-state index contributed by atoms with van der Waals surface area (Å²) in [5, 5.41) is 0. The first-order valence-corrected chi connectivity index (χ1v) is 8.30. The van der Waals surface area contributed by atoms with Crippen LogP contribution >= 0.6 is 15.9 Å². The van der Waals surface area contributed by atoms with Gasteiger partial charge in [0.05, 0.1) is 11.1 Å². The molecule has 0 saturated carbocycles. The van der Waals surface area contributed by atoms with Gasteiger partial charge in [-0.15, -0.1) is 0 Å². The van der Waals surface area contributed by atoms with Crippen molar-refractivity contribution in [2.75, 3.05) is 19.7 Å². The molecule has 1 unspecified atom stereocenters. The second kappa shape index (κ2) is 7.65. The molecule has 1 saturated heterocycles. The summed E-state index contributed by atoms with van der Waals surface area (Å²) >= 11 is 3.32. The molecule has 1 atom stereocenters. The Bertz CT molecular complexity index is 578. The number of nitrogens with zero attached hydrogens (tertiary/aromatic N) is 4. The molecule has 22 heavy (non-hydrogen) atoms. The van der Waals surface area contributed by atoms with Gasteiger partial charge < -0.3 is 4.74 Å². The number of pyridine rings is 1. The highest BCUT2D eigenvalue weighted by molar-refractivity contribution is 9.10. The van der Waals surface area contributed by atoms with Gasteiger partial charge in [0.2, 0.25) is 0 Å². The third-order valence-corrected chi connectivity index (χ3v) is 4.21. The number of likely N-dealkylation sites (tertiary alicyclic amines) is 1. The molecule has 1 fully saturated rings. The van der Waals surface area contributed by atoms with Crippen LogP contribution in [0.3, 0.4) is 0 Å². The molecule has 3 rings (SSSR count). The van der Waals surface area contributed by atoms with Crippen molar-refractivity contribution < 1.29 is 4.74 Å². The molecule has 0 amide bonds. The maximum absolute atomic E-state index is 5.72. The van der Waals surface area contributed by atoms with E-state index in [1.807, 2.05) is 12.4 Å². The molecule has 0 aromatic carbocycles. The molecule has 0 spiro atoms. The maximum Gasteiger partial charge on any atom is 0.316 e. The van der Waals surface area contributed by atoms with Gasteiger partial charge in [-0.25, -0.2) is 9.97 Å². The molecule has 2 aromatic heterocycles.